The summed E-state index contributed by atoms with van der Waals surface area (Å²) < 4.78 is 0. The molecule has 19 rings (SSSR count). The molecule has 0 aliphatic heterocycles. The van der Waals surface area contributed by atoms with Gasteiger partial charge in [-0.1, -0.05) is 299 Å². The third-order valence-corrected chi connectivity index (χ3v) is 23.7. The van der Waals surface area contributed by atoms with Gasteiger partial charge in [-0.3, -0.25) is 0 Å². The van der Waals surface area contributed by atoms with E-state index in [0.717, 1.165) is 0 Å². The predicted molar refractivity (Wildman–Crippen MR) is 425 cm³/mol. The van der Waals surface area contributed by atoms with Gasteiger partial charge in [-0.05, 0) is 270 Å². The molecular weight excluding hydrogens is 1190 g/mol. The van der Waals surface area contributed by atoms with Gasteiger partial charge in [-0.15, -0.1) is 0 Å². The molecule has 0 bridgehead atoms. The first-order valence-electron chi connectivity index (χ1n) is 35.6. The van der Waals surface area contributed by atoms with Crippen molar-refractivity contribution in [3.63, 3.8) is 0 Å². The van der Waals surface area contributed by atoms with Gasteiger partial charge in [0.25, 0.3) is 0 Å². The first kappa shape index (κ1) is 59.4. The molecule has 0 atom stereocenters. The highest BCUT2D eigenvalue weighted by atomic mass is 14.4. The minimum absolute atomic E-state index is 0.119. The zero-order valence-electron chi connectivity index (χ0n) is 58.7. The summed E-state index contributed by atoms with van der Waals surface area (Å²) in [6, 6.07) is 99.6. The summed E-state index contributed by atoms with van der Waals surface area (Å²) in [6.07, 6.45) is 0. The van der Waals surface area contributed by atoms with E-state index >= 15 is 0 Å². The van der Waals surface area contributed by atoms with Crippen LogP contribution in [0.15, 0.2) is 255 Å². The van der Waals surface area contributed by atoms with Crippen molar-refractivity contribution in [1.29, 1.82) is 0 Å². The van der Waals surface area contributed by atoms with Crippen LogP contribution in [0.3, 0.4) is 0 Å². The van der Waals surface area contributed by atoms with Crippen molar-refractivity contribution >= 4 is 64.6 Å². The molecule has 474 valence electrons. The molecule has 0 fully saturated rings. The van der Waals surface area contributed by atoms with Crippen LogP contribution >= 0.6 is 0 Å². The van der Waals surface area contributed by atoms with E-state index in [1.165, 1.54) is 232 Å². The zero-order valence-corrected chi connectivity index (χ0v) is 58.7. The molecule has 0 heteroatoms. The fourth-order valence-electron chi connectivity index (χ4n) is 18.8. The van der Waals surface area contributed by atoms with Gasteiger partial charge in [0.05, 0.1) is 0 Å². The topological polar surface area (TPSA) is 0 Å². The Hall–Kier alpha value is -10.9. The van der Waals surface area contributed by atoms with Crippen LogP contribution in [-0.2, 0) is 16.2 Å². The summed E-state index contributed by atoms with van der Waals surface area (Å²) in [7, 11) is 0. The van der Waals surface area contributed by atoms with Gasteiger partial charge >= 0.3 is 0 Å². The summed E-state index contributed by atoms with van der Waals surface area (Å²) in [4.78, 5) is 0. The van der Waals surface area contributed by atoms with E-state index < -0.39 is 0 Å². The molecule has 0 nitrogen and oxygen atoms in total. The van der Waals surface area contributed by atoms with Crippen LogP contribution in [0.25, 0.3) is 165 Å². The molecule has 0 spiro atoms. The number of fused-ring (bicyclic) bond motifs is 15. The van der Waals surface area contributed by atoms with Crippen molar-refractivity contribution in [2.75, 3.05) is 0 Å². The van der Waals surface area contributed by atoms with Crippen molar-refractivity contribution in [3.8, 4) is 100 Å². The van der Waals surface area contributed by atoms with E-state index in [9.17, 15) is 0 Å². The summed E-state index contributed by atoms with van der Waals surface area (Å²) in [5.74, 6) is 0. The van der Waals surface area contributed by atoms with Crippen LogP contribution in [0.1, 0.15) is 108 Å². The summed E-state index contributed by atoms with van der Waals surface area (Å²) in [6.45, 7) is 28.1. The molecule has 0 saturated carbocycles. The Morgan fingerprint density at radius 2 is 0.394 bits per heavy atom. The Bertz CT molecular complexity index is 6290. The highest BCUT2D eigenvalue weighted by Gasteiger charge is 2.40. The van der Waals surface area contributed by atoms with Crippen LogP contribution in [0.5, 0.6) is 0 Å². The monoisotopic (exact) mass is 1270 g/mol. The van der Waals surface area contributed by atoms with E-state index in [1.807, 2.05) is 0 Å². The number of rotatable bonds is 6. The molecule has 0 heterocycles. The van der Waals surface area contributed by atoms with Crippen LogP contribution in [-0.4, -0.2) is 0 Å². The lowest BCUT2D eigenvalue weighted by atomic mass is 9.78. The van der Waals surface area contributed by atoms with E-state index in [0.29, 0.717) is 0 Å². The summed E-state index contributed by atoms with van der Waals surface area (Å²) in [5, 5.41) is 15.4. The first-order valence-corrected chi connectivity index (χ1v) is 35.6. The quantitative estimate of drug-likeness (QED) is 0.146. The number of aryl methyl sites for hydroxylation is 6. The molecule has 99 heavy (non-hydrogen) atoms. The van der Waals surface area contributed by atoms with Crippen molar-refractivity contribution in [3.05, 3.63) is 322 Å². The smallest absolute Gasteiger partial charge is 0.0159 e. The highest BCUT2D eigenvalue weighted by Crippen LogP contribution is 2.58. The minimum Gasteiger partial charge on any atom is -0.0622 e. The molecule has 16 aromatic carbocycles. The van der Waals surface area contributed by atoms with Crippen LogP contribution < -0.4 is 0 Å². The fourth-order valence-corrected chi connectivity index (χ4v) is 18.8. The van der Waals surface area contributed by atoms with Crippen molar-refractivity contribution < 1.29 is 0 Å². The lowest BCUT2D eigenvalue weighted by Gasteiger charge is -2.25. The maximum Gasteiger partial charge on any atom is 0.0159 e. The third-order valence-electron chi connectivity index (χ3n) is 23.7. The second-order valence-electron chi connectivity index (χ2n) is 31.1. The SMILES string of the molecule is Cc1ccc2c(-c3ccc4c(c3)C(C)(C)c3cc(-c5ccc6c(c5)C(C)(C)c5cc(-c7c8cc(C)ccc8c(-c8c9ccc(C)cc9c(-c9ccc%10c(c9)C(C)(C)c9ccccc9-%10)c9ccc(C)cc89)c8cc(C)ccc78)ccc5-6)ccc3-4)c3cc(C)ccc3c(-c3ccccc3)c2c1. The standard InChI is InChI=1S/C99H78/c1-55-23-34-74-79(44-55)91(61-18-14-13-15-19-61)73-33-22-56(2)45-80(73)92(74)65-31-42-71-69-39-28-62(50-86(69)98(9,10)89(71)53-65)63-29-40-70-72-43-32-66(54-90(72)99(11,12)87(70)51-63)94-76-36-25-60(6)49-84(76)96(78-38-27-58(4)47-82(78)94)95-77-37-26-57(3)46-81(77)93(75-35-24-59(5)48-83(75)95)64-30-41-68-67-20-16-17-21-85(67)97(7,8)88(68)52-64/h13-54H,1-12H3. The summed E-state index contributed by atoms with van der Waals surface area (Å²) >= 11 is 0. The Labute approximate surface area is 581 Å². The van der Waals surface area contributed by atoms with Gasteiger partial charge in [0, 0.05) is 16.2 Å². The fraction of sp³-hybridized carbons (Fsp3) is 0.152. The Balaban J connectivity index is 0.716. The number of benzene rings is 16. The lowest BCUT2D eigenvalue weighted by molar-refractivity contribution is 0.660. The molecular formula is C99H78. The van der Waals surface area contributed by atoms with Gasteiger partial charge in [0.2, 0.25) is 0 Å². The molecule has 0 saturated heterocycles. The Morgan fingerprint density at radius 3 is 0.717 bits per heavy atom. The third kappa shape index (κ3) is 8.58. The number of hydrogen-bond acceptors (Lipinski definition) is 0. The second kappa shape index (κ2) is 21.0. The van der Waals surface area contributed by atoms with E-state index in [1.54, 1.807) is 0 Å². The van der Waals surface area contributed by atoms with E-state index in [4.69, 9.17) is 0 Å². The molecule has 0 N–H and O–H groups in total. The normalized spacial score (nSPS) is 14.3. The van der Waals surface area contributed by atoms with E-state index in [-0.39, 0.29) is 16.2 Å². The molecule has 3 aliphatic carbocycles. The average molecular weight is 1270 g/mol. The lowest BCUT2D eigenvalue weighted by Crippen LogP contribution is -2.15. The maximum atomic E-state index is 2.56. The molecule has 0 aromatic heterocycles. The minimum atomic E-state index is -0.267. The Morgan fingerprint density at radius 1 is 0.162 bits per heavy atom. The van der Waals surface area contributed by atoms with Crippen molar-refractivity contribution in [2.45, 2.75) is 99.3 Å². The highest BCUT2D eigenvalue weighted by molar-refractivity contribution is 6.30. The molecule has 0 radical (unpaired) electrons. The van der Waals surface area contributed by atoms with Gasteiger partial charge < -0.3 is 0 Å². The predicted octanol–water partition coefficient (Wildman–Crippen LogP) is 27.4. The molecule has 16 aromatic rings. The van der Waals surface area contributed by atoms with Crippen molar-refractivity contribution in [1.82, 2.24) is 0 Å². The van der Waals surface area contributed by atoms with Crippen molar-refractivity contribution in [2.24, 2.45) is 0 Å². The number of hydrogen-bond donors (Lipinski definition) is 0. The molecule has 0 amide bonds. The average Bonchev–Trinajstić information content (AvgIpc) is 1.31. The Kier molecular flexibility index (Phi) is 12.6. The summed E-state index contributed by atoms with van der Waals surface area (Å²) in [5.41, 5.74) is 38.6. The first-order chi connectivity index (χ1) is 47.8. The van der Waals surface area contributed by atoms with Gasteiger partial charge in [0.15, 0.2) is 0 Å². The van der Waals surface area contributed by atoms with Gasteiger partial charge in [0.1, 0.15) is 0 Å². The van der Waals surface area contributed by atoms with Crippen LogP contribution in [0, 0.1) is 41.5 Å². The van der Waals surface area contributed by atoms with Crippen LogP contribution in [0.2, 0.25) is 0 Å². The maximum absolute atomic E-state index is 2.56. The van der Waals surface area contributed by atoms with Crippen LogP contribution in [0.4, 0.5) is 0 Å². The second-order valence-corrected chi connectivity index (χ2v) is 31.1. The molecule has 0 unspecified atom stereocenters. The van der Waals surface area contributed by atoms with Gasteiger partial charge in [-0.2, -0.15) is 0 Å². The largest absolute Gasteiger partial charge is 0.0622 e. The molecule has 3 aliphatic rings. The van der Waals surface area contributed by atoms with Gasteiger partial charge in [-0.25, -0.2) is 0 Å². The van der Waals surface area contributed by atoms with E-state index in [2.05, 4.69) is 338 Å². The zero-order chi connectivity index (χ0) is 67.4.